The number of rotatable bonds is 4. The number of methoxy groups -OCH3 is 1. The fraction of sp³-hybridized carbons (Fsp3) is 0.0526. The van der Waals surface area contributed by atoms with Crippen molar-refractivity contribution in [2.24, 2.45) is 0 Å². The number of nitrogens with zero attached hydrogens (tertiary/aromatic N) is 1. The molecular formula is C19H15FN2O2. The van der Waals surface area contributed by atoms with Crippen LogP contribution >= 0.6 is 0 Å². The summed E-state index contributed by atoms with van der Waals surface area (Å²) in [5.41, 5.74) is 2.52. The molecule has 0 saturated heterocycles. The van der Waals surface area contributed by atoms with Gasteiger partial charge in [-0.15, -0.1) is 0 Å². The van der Waals surface area contributed by atoms with Crippen molar-refractivity contribution in [3.8, 4) is 16.9 Å². The normalized spacial score (nSPS) is 10.2. The van der Waals surface area contributed by atoms with Gasteiger partial charge in [0, 0.05) is 23.6 Å². The largest absolute Gasteiger partial charge is 0.497 e. The number of aromatic nitrogens is 1. The molecule has 1 aromatic heterocycles. The Bertz CT molecular complexity index is 863. The minimum atomic E-state index is -0.405. The number of hydrogen-bond donors (Lipinski definition) is 1. The van der Waals surface area contributed by atoms with Crippen LogP contribution in [0.5, 0.6) is 5.75 Å². The Hall–Kier alpha value is -3.21. The highest BCUT2D eigenvalue weighted by molar-refractivity contribution is 6.04. The van der Waals surface area contributed by atoms with E-state index in [0.717, 1.165) is 16.9 Å². The van der Waals surface area contributed by atoms with E-state index in [1.807, 2.05) is 24.3 Å². The quantitative estimate of drug-likeness (QED) is 0.785. The number of anilines is 1. The summed E-state index contributed by atoms with van der Waals surface area (Å²) in [5, 5.41) is 2.66. The number of benzene rings is 2. The summed E-state index contributed by atoms with van der Waals surface area (Å²) in [7, 11) is 1.61. The van der Waals surface area contributed by atoms with E-state index in [1.165, 1.54) is 24.4 Å². The Morgan fingerprint density at radius 2 is 1.83 bits per heavy atom. The van der Waals surface area contributed by atoms with Crippen LogP contribution in [0.3, 0.4) is 0 Å². The summed E-state index contributed by atoms with van der Waals surface area (Å²) in [4.78, 5) is 16.4. The standard InChI is InChI=1S/C19H15FN2O2/c1-24-18-7-5-13(6-8-18)14-9-15(12-21-11-14)19(23)22-17-4-2-3-16(20)10-17/h2-12H,1H3,(H,22,23). The number of amides is 1. The van der Waals surface area contributed by atoms with Gasteiger partial charge in [-0.3, -0.25) is 9.78 Å². The van der Waals surface area contributed by atoms with Crippen LogP contribution < -0.4 is 10.1 Å². The van der Waals surface area contributed by atoms with Crippen LogP contribution in [0, 0.1) is 5.82 Å². The van der Waals surface area contributed by atoms with Crippen molar-refractivity contribution in [1.29, 1.82) is 0 Å². The second-order valence-corrected chi connectivity index (χ2v) is 5.16. The maximum absolute atomic E-state index is 13.2. The first-order chi connectivity index (χ1) is 11.7. The third-order valence-electron chi connectivity index (χ3n) is 3.51. The first kappa shape index (κ1) is 15.7. The van der Waals surface area contributed by atoms with E-state index >= 15 is 0 Å². The molecule has 24 heavy (non-hydrogen) atoms. The average Bonchev–Trinajstić information content (AvgIpc) is 2.62. The number of hydrogen-bond acceptors (Lipinski definition) is 3. The van der Waals surface area contributed by atoms with Crippen LogP contribution in [0.1, 0.15) is 10.4 Å². The highest BCUT2D eigenvalue weighted by atomic mass is 19.1. The molecule has 5 heteroatoms. The molecule has 0 unspecified atom stereocenters. The van der Waals surface area contributed by atoms with Gasteiger partial charge in [0.05, 0.1) is 12.7 Å². The zero-order valence-corrected chi connectivity index (χ0v) is 13.0. The third-order valence-corrected chi connectivity index (χ3v) is 3.51. The summed E-state index contributed by atoms with van der Waals surface area (Å²) in [6, 6.07) is 15.0. The van der Waals surface area contributed by atoms with E-state index in [0.29, 0.717) is 11.3 Å². The summed E-state index contributed by atoms with van der Waals surface area (Å²) in [6.45, 7) is 0. The molecule has 0 bridgehead atoms. The van der Waals surface area contributed by atoms with E-state index < -0.39 is 5.82 Å². The van der Waals surface area contributed by atoms with Crippen molar-refractivity contribution in [2.45, 2.75) is 0 Å². The van der Waals surface area contributed by atoms with Crippen molar-refractivity contribution >= 4 is 11.6 Å². The second kappa shape index (κ2) is 6.91. The summed E-state index contributed by atoms with van der Waals surface area (Å²) in [5.74, 6) is 0.00748. The van der Waals surface area contributed by atoms with Crippen LogP contribution in [0.2, 0.25) is 0 Å². The van der Waals surface area contributed by atoms with Gasteiger partial charge >= 0.3 is 0 Å². The Labute approximate surface area is 138 Å². The van der Waals surface area contributed by atoms with E-state index in [4.69, 9.17) is 4.74 Å². The predicted molar refractivity (Wildman–Crippen MR) is 90.6 cm³/mol. The molecule has 1 heterocycles. The highest BCUT2D eigenvalue weighted by Crippen LogP contribution is 2.22. The lowest BCUT2D eigenvalue weighted by atomic mass is 10.1. The Balaban J connectivity index is 1.82. The molecule has 4 nitrogen and oxygen atoms in total. The van der Waals surface area contributed by atoms with Crippen LogP contribution in [0.15, 0.2) is 67.0 Å². The average molecular weight is 322 g/mol. The van der Waals surface area contributed by atoms with Gasteiger partial charge in [0.1, 0.15) is 11.6 Å². The topological polar surface area (TPSA) is 51.2 Å². The van der Waals surface area contributed by atoms with Gasteiger partial charge in [-0.1, -0.05) is 18.2 Å². The van der Waals surface area contributed by atoms with Crippen molar-refractivity contribution in [1.82, 2.24) is 4.98 Å². The zero-order valence-electron chi connectivity index (χ0n) is 13.0. The van der Waals surface area contributed by atoms with Gasteiger partial charge in [0.2, 0.25) is 0 Å². The number of carbonyl (C=O) groups is 1. The van der Waals surface area contributed by atoms with Crippen LogP contribution in [0.4, 0.5) is 10.1 Å². The second-order valence-electron chi connectivity index (χ2n) is 5.16. The van der Waals surface area contributed by atoms with Gasteiger partial charge in [0.25, 0.3) is 5.91 Å². The Morgan fingerprint density at radius 3 is 2.54 bits per heavy atom. The SMILES string of the molecule is COc1ccc(-c2cncc(C(=O)Nc3cccc(F)c3)c2)cc1. The number of carbonyl (C=O) groups excluding carboxylic acids is 1. The predicted octanol–water partition coefficient (Wildman–Crippen LogP) is 4.15. The van der Waals surface area contributed by atoms with Gasteiger partial charge in [-0.25, -0.2) is 4.39 Å². The van der Waals surface area contributed by atoms with Crippen molar-refractivity contribution in [3.05, 3.63) is 78.4 Å². The van der Waals surface area contributed by atoms with E-state index in [1.54, 1.807) is 25.4 Å². The fourth-order valence-electron chi connectivity index (χ4n) is 2.27. The van der Waals surface area contributed by atoms with Gasteiger partial charge < -0.3 is 10.1 Å². The maximum atomic E-state index is 13.2. The molecule has 0 atom stereocenters. The molecule has 0 aliphatic carbocycles. The molecule has 120 valence electrons. The smallest absolute Gasteiger partial charge is 0.257 e. The molecule has 3 aromatic rings. The lowest BCUT2D eigenvalue weighted by Gasteiger charge is -2.07. The third kappa shape index (κ3) is 3.57. The summed E-state index contributed by atoms with van der Waals surface area (Å²) < 4.78 is 18.3. The van der Waals surface area contributed by atoms with Crippen LogP contribution in [0.25, 0.3) is 11.1 Å². The van der Waals surface area contributed by atoms with Crippen molar-refractivity contribution in [3.63, 3.8) is 0 Å². The minimum absolute atomic E-state index is 0.344. The maximum Gasteiger partial charge on any atom is 0.257 e. The number of ether oxygens (including phenoxy) is 1. The van der Waals surface area contributed by atoms with Gasteiger partial charge in [-0.2, -0.15) is 0 Å². The summed E-state index contributed by atoms with van der Waals surface area (Å²) >= 11 is 0. The molecule has 1 amide bonds. The first-order valence-electron chi connectivity index (χ1n) is 7.32. The molecule has 0 aliphatic rings. The highest BCUT2D eigenvalue weighted by Gasteiger charge is 2.09. The molecule has 0 spiro atoms. The fourth-order valence-corrected chi connectivity index (χ4v) is 2.27. The number of pyridine rings is 1. The van der Waals surface area contributed by atoms with Crippen LogP contribution in [-0.4, -0.2) is 18.0 Å². The van der Waals surface area contributed by atoms with Crippen molar-refractivity contribution < 1.29 is 13.9 Å². The van der Waals surface area contributed by atoms with Gasteiger partial charge in [0.15, 0.2) is 0 Å². The Morgan fingerprint density at radius 1 is 1.04 bits per heavy atom. The van der Waals surface area contributed by atoms with E-state index in [9.17, 15) is 9.18 Å². The monoisotopic (exact) mass is 322 g/mol. The molecule has 0 radical (unpaired) electrons. The lowest BCUT2D eigenvalue weighted by Crippen LogP contribution is -2.12. The summed E-state index contributed by atoms with van der Waals surface area (Å²) in [6.07, 6.45) is 3.16. The first-order valence-corrected chi connectivity index (χ1v) is 7.32. The van der Waals surface area contributed by atoms with E-state index in [2.05, 4.69) is 10.3 Å². The minimum Gasteiger partial charge on any atom is -0.497 e. The molecular weight excluding hydrogens is 307 g/mol. The molecule has 0 saturated carbocycles. The number of halogens is 1. The van der Waals surface area contributed by atoms with Gasteiger partial charge in [-0.05, 0) is 42.0 Å². The number of nitrogens with one attached hydrogen (secondary N) is 1. The Kier molecular flexibility index (Phi) is 4.52. The molecule has 2 aromatic carbocycles. The van der Waals surface area contributed by atoms with Crippen LogP contribution in [-0.2, 0) is 0 Å². The van der Waals surface area contributed by atoms with E-state index in [-0.39, 0.29) is 5.91 Å². The lowest BCUT2D eigenvalue weighted by molar-refractivity contribution is 0.102. The molecule has 0 aliphatic heterocycles. The molecule has 1 N–H and O–H groups in total. The van der Waals surface area contributed by atoms with Crippen molar-refractivity contribution in [2.75, 3.05) is 12.4 Å². The molecule has 0 fully saturated rings. The zero-order chi connectivity index (χ0) is 16.9. The molecule has 3 rings (SSSR count).